The lowest BCUT2D eigenvalue weighted by Gasteiger charge is -2.41. The van der Waals surface area contributed by atoms with E-state index in [0.717, 1.165) is 13.8 Å². The zero-order valence-corrected chi connectivity index (χ0v) is 17.3. The molecule has 0 fully saturated rings. The Labute approximate surface area is 173 Å². The number of carbonyl (C=O) groups is 1. The van der Waals surface area contributed by atoms with E-state index in [4.69, 9.17) is 0 Å². The van der Waals surface area contributed by atoms with Crippen molar-refractivity contribution < 1.29 is 75.1 Å². The minimum Gasteiger partial charge on any atom is -0.472 e. The van der Waals surface area contributed by atoms with Gasteiger partial charge < -0.3 is 13.3 Å². The van der Waals surface area contributed by atoms with Gasteiger partial charge in [0.1, 0.15) is 0 Å². The van der Waals surface area contributed by atoms with E-state index in [1.54, 1.807) is 0 Å². The predicted molar refractivity (Wildman–Crippen MR) is 81.3 cm³/mol. The number of hydrogen-bond acceptors (Lipinski definition) is 4. The molecule has 0 aromatic heterocycles. The van der Waals surface area contributed by atoms with Crippen LogP contribution >= 0.6 is 0 Å². The molecule has 0 aromatic rings. The Balaban J connectivity index is 6.57. The van der Waals surface area contributed by atoms with Gasteiger partial charge in [0, 0.05) is 20.1 Å². The minimum absolute atomic E-state index is 0.422. The van der Waals surface area contributed by atoms with Crippen molar-refractivity contribution >= 4 is 14.8 Å². The van der Waals surface area contributed by atoms with Gasteiger partial charge in [-0.2, -0.15) is 35.1 Å². The predicted octanol–water partition coefficient (Wildman–Crippen LogP) is 4.92. The van der Waals surface area contributed by atoms with Gasteiger partial charge in [-0.1, -0.05) is 0 Å². The molecule has 0 aliphatic carbocycles. The maximum absolute atomic E-state index is 14.6. The third-order valence-electron chi connectivity index (χ3n) is 3.70. The molecule has 18 heteroatoms. The highest BCUT2D eigenvalue weighted by atomic mass is 28.4. The Morgan fingerprint density at radius 1 is 0.781 bits per heavy atom. The molecule has 0 saturated carbocycles. The molecule has 0 radical (unpaired) electrons. The summed E-state index contributed by atoms with van der Waals surface area (Å²) in [5, 5.41) is 0. The highest BCUT2D eigenvalue weighted by molar-refractivity contribution is 6.64. The van der Waals surface area contributed by atoms with E-state index in [-0.39, 0.29) is 0 Å². The molecule has 4 nitrogen and oxygen atoms in total. The summed E-state index contributed by atoms with van der Waals surface area (Å²) in [5.41, 5.74) is 0. The molecule has 0 bridgehead atoms. The van der Waals surface area contributed by atoms with Crippen LogP contribution in [0.25, 0.3) is 0 Å². The molecule has 0 N–H and O–H groups in total. The van der Waals surface area contributed by atoms with Crippen LogP contribution in [0.4, 0.5) is 57.1 Å². The van der Waals surface area contributed by atoms with Crippen molar-refractivity contribution in [2.75, 3.05) is 13.2 Å². The summed E-state index contributed by atoms with van der Waals surface area (Å²) in [6.45, 7) is 0.465. The van der Waals surface area contributed by atoms with E-state index in [1.165, 1.54) is 0 Å². The van der Waals surface area contributed by atoms with E-state index >= 15 is 0 Å². The number of carbonyl (C=O) groups excluding carboxylic acids is 1. The van der Waals surface area contributed by atoms with Crippen LogP contribution in [0.2, 0.25) is 0 Å². The molecule has 0 spiro atoms. The molecule has 32 heavy (non-hydrogen) atoms. The Morgan fingerprint density at radius 2 is 1.16 bits per heavy atom. The monoisotopic (exact) mass is 524 g/mol. The molecule has 0 rings (SSSR count). The van der Waals surface area contributed by atoms with E-state index in [1.807, 2.05) is 0 Å². The van der Waals surface area contributed by atoms with Crippen molar-refractivity contribution in [2.45, 2.75) is 69.0 Å². The van der Waals surface area contributed by atoms with Crippen molar-refractivity contribution in [3.8, 4) is 0 Å². The largest absolute Gasteiger partial charge is 0.610 e. The SMILES string of the molecule is CCO[Si](OCC)(OC(C)=O)C(F)C(F)(F)C(F)(F)C(F)(F)C(F)(F)C(F)C(F)C(F)F. The maximum Gasteiger partial charge on any atom is 0.610 e. The van der Waals surface area contributed by atoms with E-state index in [9.17, 15) is 61.9 Å². The summed E-state index contributed by atoms with van der Waals surface area (Å²) in [7, 11) is -6.02. The highest BCUT2D eigenvalue weighted by Crippen LogP contribution is 2.57. The molecular formula is C14H17F13O4Si. The number of halogens is 13. The van der Waals surface area contributed by atoms with Crippen LogP contribution in [-0.4, -0.2) is 76.2 Å². The van der Waals surface area contributed by atoms with Gasteiger partial charge >= 0.3 is 32.5 Å². The third kappa shape index (κ3) is 5.26. The van der Waals surface area contributed by atoms with Crippen LogP contribution in [0.1, 0.15) is 20.8 Å². The summed E-state index contributed by atoms with van der Waals surface area (Å²) in [4.78, 5) is 11.1. The van der Waals surface area contributed by atoms with E-state index < -0.39 is 76.2 Å². The maximum atomic E-state index is 14.6. The van der Waals surface area contributed by atoms with Crippen molar-refractivity contribution in [2.24, 2.45) is 0 Å². The van der Waals surface area contributed by atoms with Crippen LogP contribution in [0, 0.1) is 0 Å². The quantitative estimate of drug-likeness (QED) is 0.254. The highest BCUT2D eigenvalue weighted by Gasteiger charge is 2.87. The van der Waals surface area contributed by atoms with Gasteiger partial charge in [-0.25, -0.2) is 22.0 Å². The van der Waals surface area contributed by atoms with Gasteiger partial charge in [-0.05, 0) is 13.8 Å². The smallest absolute Gasteiger partial charge is 0.472 e. The Morgan fingerprint density at radius 3 is 1.47 bits per heavy atom. The normalized spacial score (nSPS) is 17.3. The first-order chi connectivity index (χ1) is 14.2. The fourth-order valence-electron chi connectivity index (χ4n) is 2.20. The molecule has 0 amide bonds. The van der Waals surface area contributed by atoms with Gasteiger partial charge in [0.2, 0.25) is 6.17 Å². The molecule has 192 valence electrons. The van der Waals surface area contributed by atoms with Crippen LogP contribution in [-0.2, 0) is 18.1 Å². The van der Waals surface area contributed by atoms with E-state index in [0.29, 0.717) is 6.92 Å². The minimum atomic E-state index is -7.64. The fraction of sp³-hybridized carbons (Fsp3) is 0.929. The van der Waals surface area contributed by atoms with Gasteiger partial charge in [0.25, 0.3) is 18.2 Å². The van der Waals surface area contributed by atoms with Crippen molar-refractivity contribution in [3.63, 3.8) is 0 Å². The summed E-state index contributed by atoms with van der Waals surface area (Å²) >= 11 is 0. The fourth-order valence-corrected chi connectivity index (χ4v) is 4.63. The number of hydrogen-bond donors (Lipinski definition) is 0. The second-order valence-corrected chi connectivity index (χ2v) is 8.50. The molecule has 3 unspecified atom stereocenters. The molecule has 3 atom stereocenters. The Kier molecular flexibility index (Phi) is 9.89. The van der Waals surface area contributed by atoms with Crippen LogP contribution in [0.5, 0.6) is 0 Å². The first-order valence-electron chi connectivity index (χ1n) is 8.40. The van der Waals surface area contributed by atoms with Crippen molar-refractivity contribution in [1.29, 1.82) is 0 Å². The Hall–Kier alpha value is -1.30. The first-order valence-corrected chi connectivity index (χ1v) is 10.2. The second kappa shape index (κ2) is 10.3. The molecule has 0 aromatic carbocycles. The first kappa shape index (κ1) is 30.7. The molecule has 0 aliphatic rings. The summed E-state index contributed by atoms with van der Waals surface area (Å²) in [6, 6.07) is 0. The topological polar surface area (TPSA) is 44.8 Å². The zero-order chi connectivity index (χ0) is 25.9. The lowest BCUT2D eigenvalue weighted by Crippen LogP contribution is -2.72. The average molecular weight is 524 g/mol. The zero-order valence-electron chi connectivity index (χ0n) is 16.3. The summed E-state index contributed by atoms with van der Waals surface area (Å²) in [6.07, 6.45) is -14.9. The number of alkyl halides is 13. The van der Waals surface area contributed by atoms with Gasteiger partial charge in [0.05, 0.1) is 0 Å². The second-order valence-electron chi connectivity index (χ2n) is 6.00. The van der Waals surface area contributed by atoms with E-state index in [2.05, 4.69) is 13.3 Å². The lowest BCUT2D eigenvalue weighted by atomic mass is 9.94. The van der Waals surface area contributed by atoms with Crippen molar-refractivity contribution in [3.05, 3.63) is 0 Å². The van der Waals surface area contributed by atoms with Crippen LogP contribution in [0.15, 0.2) is 0 Å². The molecule has 0 saturated heterocycles. The van der Waals surface area contributed by atoms with Crippen LogP contribution in [0.3, 0.4) is 0 Å². The van der Waals surface area contributed by atoms with Gasteiger partial charge in [-0.3, -0.25) is 4.79 Å². The number of rotatable bonds is 13. The molecule has 0 heterocycles. The van der Waals surface area contributed by atoms with Crippen molar-refractivity contribution in [1.82, 2.24) is 0 Å². The Bertz CT molecular complexity index is 628. The summed E-state index contributed by atoms with van der Waals surface area (Å²) in [5.74, 6) is -35.8. The third-order valence-corrected chi connectivity index (χ3v) is 6.64. The lowest BCUT2D eigenvalue weighted by molar-refractivity contribution is -0.385. The van der Waals surface area contributed by atoms with Crippen LogP contribution < -0.4 is 0 Å². The summed E-state index contributed by atoms with van der Waals surface area (Å²) < 4.78 is 188. The average Bonchev–Trinajstić information content (AvgIpc) is 2.65. The molecule has 0 aliphatic heterocycles. The molecular weight excluding hydrogens is 507 g/mol. The van der Waals surface area contributed by atoms with Gasteiger partial charge in [-0.15, -0.1) is 0 Å². The standard InChI is InChI=1S/C14H17F13O4Si/c1-4-29-32(30-5-2,31-6(3)28)10(19)12(22,23)14(26,27)13(24,25)11(20,21)8(16)7(15)9(17)18/h7-10H,4-5H2,1-3H3. The van der Waals surface area contributed by atoms with Gasteiger partial charge in [0.15, 0.2) is 6.17 Å².